The molecule has 2 heterocycles. The molecular formula is C16H11Br2F2N3O2S. The fraction of sp³-hybridized carbons (Fsp3) is 0.188. The van der Waals surface area contributed by atoms with Gasteiger partial charge in [-0.05, 0) is 27.6 Å². The summed E-state index contributed by atoms with van der Waals surface area (Å²) in [5, 5.41) is 5.76. The normalized spacial score (nSPS) is 17.0. The van der Waals surface area contributed by atoms with Crippen LogP contribution < -0.4 is 5.32 Å². The third kappa shape index (κ3) is 3.45. The third-order valence-electron chi connectivity index (χ3n) is 3.66. The Balaban J connectivity index is 2.21. The van der Waals surface area contributed by atoms with Crippen molar-refractivity contribution >= 4 is 55.0 Å². The molecule has 0 spiro atoms. The van der Waals surface area contributed by atoms with Crippen LogP contribution in [-0.4, -0.2) is 29.2 Å². The van der Waals surface area contributed by atoms with Crippen molar-refractivity contribution in [3.8, 4) is 0 Å². The van der Waals surface area contributed by atoms with E-state index in [1.165, 1.54) is 24.5 Å². The van der Waals surface area contributed by atoms with Gasteiger partial charge in [0.2, 0.25) is 0 Å². The number of benzene rings is 1. The number of alkyl halides is 1. The molecule has 2 aromatic rings. The molecule has 0 fully saturated rings. The number of allylic oxidation sites excluding steroid dienone is 1. The quantitative estimate of drug-likeness (QED) is 0.385. The van der Waals surface area contributed by atoms with Crippen molar-refractivity contribution in [1.29, 1.82) is 0 Å². The standard InChI is InChI=1S/C16H11Br2F2N3O2S/c1-25-16(24)10-9(6-17)22-14(15-21-4-5-26-15)23-13(10)7-2-3-8(19)12(20)11(7)18/h2-5,13H,6H2,1H3,(H,22,23). The van der Waals surface area contributed by atoms with Crippen LogP contribution >= 0.6 is 43.2 Å². The minimum atomic E-state index is -1.04. The molecule has 1 unspecified atom stereocenters. The molecule has 1 aromatic carbocycles. The molecule has 1 aliphatic rings. The van der Waals surface area contributed by atoms with Crippen LogP contribution in [0.5, 0.6) is 0 Å². The van der Waals surface area contributed by atoms with Crippen LogP contribution in [0, 0.1) is 11.6 Å². The Morgan fingerprint density at radius 3 is 2.81 bits per heavy atom. The number of aromatic nitrogens is 1. The minimum Gasteiger partial charge on any atom is -0.466 e. The zero-order valence-electron chi connectivity index (χ0n) is 13.2. The maximum atomic E-state index is 14.1. The van der Waals surface area contributed by atoms with Crippen LogP contribution in [0.1, 0.15) is 16.6 Å². The van der Waals surface area contributed by atoms with Crippen LogP contribution in [-0.2, 0) is 9.53 Å². The summed E-state index contributed by atoms with van der Waals surface area (Å²) < 4.78 is 32.4. The lowest BCUT2D eigenvalue weighted by molar-refractivity contribution is -0.136. The number of rotatable bonds is 4. The van der Waals surface area contributed by atoms with E-state index in [2.05, 4.69) is 47.2 Å². The van der Waals surface area contributed by atoms with Crippen molar-refractivity contribution in [1.82, 2.24) is 10.3 Å². The second kappa shape index (κ2) is 7.93. The number of methoxy groups -OCH3 is 1. The van der Waals surface area contributed by atoms with Gasteiger partial charge in [-0.3, -0.25) is 4.99 Å². The van der Waals surface area contributed by atoms with E-state index in [0.29, 0.717) is 27.4 Å². The van der Waals surface area contributed by atoms with Gasteiger partial charge in [-0.15, -0.1) is 11.3 Å². The van der Waals surface area contributed by atoms with E-state index in [4.69, 9.17) is 4.74 Å². The number of nitrogens with zero attached hydrogens (tertiary/aromatic N) is 2. The van der Waals surface area contributed by atoms with Crippen LogP contribution in [0.3, 0.4) is 0 Å². The third-order valence-corrected chi connectivity index (χ3v) is 5.81. The molecule has 0 saturated carbocycles. The van der Waals surface area contributed by atoms with Gasteiger partial charge in [0.05, 0.1) is 17.2 Å². The largest absolute Gasteiger partial charge is 0.466 e. The van der Waals surface area contributed by atoms with E-state index in [1.807, 2.05) is 0 Å². The topological polar surface area (TPSA) is 63.6 Å². The lowest BCUT2D eigenvalue weighted by atomic mass is 9.96. The van der Waals surface area contributed by atoms with Crippen molar-refractivity contribution in [2.75, 3.05) is 12.4 Å². The molecule has 1 aromatic heterocycles. The first-order valence-corrected chi connectivity index (χ1v) is 10.0. The number of hydrogen-bond donors (Lipinski definition) is 1. The van der Waals surface area contributed by atoms with Gasteiger partial charge >= 0.3 is 5.97 Å². The first-order chi connectivity index (χ1) is 12.5. The summed E-state index contributed by atoms with van der Waals surface area (Å²) in [6, 6.07) is 1.49. The number of amidine groups is 1. The highest BCUT2D eigenvalue weighted by Crippen LogP contribution is 2.38. The fourth-order valence-electron chi connectivity index (χ4n) is 2.48. The number of halogens is 4. The molecule has 5 nitrogen and oxygen atoms in total. The lowest BCUT2D eigenvalue weighted by Gasteiger charge is -2.26. The van der Waals surface area contributed by atoms with E-state index >= 15 is 0 Å². The molecule has 0 amide bonds. The van der Waals surface area contributed by atoms with Crippen molar-refractivity contribution in [3.05, 3.63) is 61.7 Å². The smallest absolute Gasteiger partial charge is 0.338 e. The number of thiazole rings is 1. The summed E-state index contributed by atoms with van der Waals surface area (Å²) in [7, 11) is 1.25. The minimum absolute atomic E-state index is 0.0954. The number of aliphatic imine (C=N–C) groups is 1. The van der Waals surface area contributed by atoms with Crippen molar-refractivity contribution in [2.45, 2.75) is 6.04 Å². The van der Waals surface area contributed by atoms with Gasteiger partial charge < -0.3 is 10.1 Å². The van der Waals surface area contributed by atoms with Gasteiger partial charge in [-0.25, -0.2) is 18.6 Å². The van der Waals surface area contributed by atoms with Crippen molar-refractivity contribution in [3.63, 3.8) is 0 Å². The fourth-order valence-corrected chi connectivity index (χ4v) is 4.05. The van der Waals surface area contributed by atoms with Gasteiger partial charge in [0.25, 0.3) is 0 Å². The monoisotopic (exact) mass is 505 g/mol. The number of nitrogens with one attached hydrogen (secondary N) is 1. The highest BCUT2D eigenvalue weighted by atomic mass is 79.9. The second-order valence-corrected chi connectivity index (χ2v) is 7.37. The molecule has 0 aliphatic carbocycles. The number of ether oxygens (including phenoxy) is 1. The summed E-state index contributed by atoms with van der Waals surface area (Å²) in [6.07, 6.45) is 1.63. The van der Waals surface area contributed by atoms with E-state index in [-0.39, 0.29) is 10.0 Å². The average Bonchev–Trinajstić information content (AvgIpc) is 3.19. The molecule has 0 bridgehead atoms. The number of esters is 1. The summed E-state index contributed by atoms with van der Waals surface area (Å²) in [5.41, 5.74) is 1.02. The zero-order chi connectivity index (χ0) is 18.8. The molecule has 3 rings (SSSR count). The maximum absolute atomic E-state index is 14.1. The summed E-state index contributed by atoms with van der Waals surface area (Å²) in [4.78, 5) is 21.1. The average molecular weight is 507 g/mol. The van der Waals surface area contributed by atoms with E-state index < -0.39 is 23.6 Å². The molecule has 1 aliphatic heterocycles. The van der Waals surface area contributed by atoms with Crippen LogP contribution in [0.2, 0.25) is 0 Å². The van der Waals surface area contributed by atoms with Crippen LogP contribution in [0.25, 0.3) is 0 Å². The Labute approximate surface area is 168 Å². The summed E-state index contributed by atoms with van der Waals surface area (Å²) in [6.45, 7) is 0. The Bertz CT molecular complexity index is 916. The molecule has 1 N–H and O–H groups in total. The lowest BCUT2D eigenvalue weighted by Crippen LogP contribution is -2.34. The molecule has 0 saturated heterocycles. The molecule has 26 heavy (non-hydrogen) atoms. The van der Waals surface area contributed by atoms with Gasteiger partial charge in [0, 0.05) is 22.6 Å². The van der Waals surface area contributed by atoms with E-state index in [9.17, 15) is 13.6 Å². The summed E-state index contributed by atoms with van der Waals surface area (Å²) >= 11 is 7.77. The molecule has 136 valence electrons. The Hall–Kier alpha value is -1.65. The highest BCUT2D eigenvalue weighted by molar-refractivity contribution is 9.10. The number of carbonyl (C=O) groups is 1. The van der Waals surface area contributed by atoms with E-state index in [0.717, 1.165) is 6.07 Å². The van der Waals surface area contributed by atoms with Crippen LogP contribution in [0.4, 0.5) is 8.78 Å². The second-order valence-electron chi connectivity index (χ2n) is 5.12. The van der Waals surface area contributed by atoms with Gasteiger partial charge in [-0.1, -0.05) is 22.0 Å². The SMILES string of the molecule is COC(=O)C1=C(CBr)NC(c2nccs2)=NC1c1ccc(F)c(F)c1Br. The van der Waals surface area contributed by atoms with Crippen molar-refractivity contribution in [2.24, 2.45) is 4.99 Å². The maximum Gasteiger partial charge on any atom is 0.338 e. The first kappa shape index (κ1) is 19.1. The first-order valence-electron chi connectivity index (χ1n) is 7.23. The van der Waals surface area contributed by atoms with E-state index in [1.54, 1.807) is 11.6 Å². The Morgan fingerprint density at radius 1 is 1.42 bits per heavy atom. The number of carbonyl (C=O) groups excluding carboxylic acids is 1. The van der Waals surface area contributed by atoms with Gasteiger partial charge in [0.15, 0.2) is 22.5 Å². The Morgan fingerprint density at radius 2 is 2.19 bits per heavy atom. The number of hydrogen-bond acceptors (Lipinski definition) is 6. The van der Waals surface area contributed by atoms with Gasteiger partial charge in [-0.2, -0.15) is 0 Å². The summed E-state index contributed by atoms with van der Waals surface area (Å²) in [5.74, 6) is -2.22. The molecule has 0 radical (unpaired) electrons. The predicted octanol–water partition coefficient (Wildman–Crippen LogP) is 4.10. The van der Waals surface area contributed by atoms with Gasteiger partial charge in [0.1, 0.15) is 6.04 Å². The molecule has 1 atom stereocenters. The molecule has 10 heteroatoms. The zero-order valence-corrected chi connectivity index (χ0v) is 17.2. The Kier molecular flexibility index (Phi) is 5.83. The molecular weight excluding hydrogens is 496 g/mol. The highest BCUT2D eigenvalue weighted by Gasteiger charge is 2.34. The predicted molar refractivity (Wildman–Crippen MR) is 101 cm³/mol. The van der Waals surface area contributed by atoms with Crippen molar-refractivity contribution < 1.29 is 18.3 Å². The van der Waals surface area contributed by atoms with Crippen LogP contribution in [0.15, 0.2) is 44.4 Å².